The van der Waals surface area contributed by atoms with E-state index in [2.05, 4.69) is 5.32 Å². The van der Waals surface area contributed by atoms with Crippen LogP contribution in [0.25, 0.3) is 0 Å². The lowest BCUT2D eigenvalue weighted by atomic mass is 10.1. The molecule has 1 N–H and O–H groups in total. The highest BCUT2D eigenvalue weighted by Gasteiger charge is 2.27. The SMILES string of the molecule is CC(C)CNC(=O)C(C)N(Cc1c(Cl)cccc1Cl)C(=O)CSCc1ccc(Cl)c(Cl)c1. The van der Waals surface area contributed by atoms with Gasteiger partial charge in [-0.2, -0.15) is 0 Å². The fourth-order valence-corrected chi connectivity index (χ4v) is 4.55. The van der Waals surface area contributed by atoms with Crippen LogP contribution in [0.5, 0.6) is 0 Å². The molecule has 9 heteroatoms. The van der Waals surface area contributed by atoms with Crippen LogP contribution in [0.15, 0.2) is 36.4 Å². The number of hydrogen-bond donors (Lipinski definition) is 1. The van der Waals surface area contributed by atoms with E-state index in [0.29, 0.717) is 43.9 Å². The van der Waals surface area contributed by atoms with E-state index in [-0.39, 0.29) is 24.1 Å². The quantitative estimate of drug-likeness (QED) is 0.367. The Labute approximate surface area is 213 Å². The highest BCUT2D eigenvalue weighted by Crippen LogP contribution is 2.28. The average molecular weight is 536 g/mol. The van der Waals surface area contributed by atoms with Crippen LogP contribution in [0.1, 0.15) is 31.9 Å². The maximum atomic E-state index is 13.2. The highest BCUT2D eigenvalue weighted by molar-refractivity contribution is 7.99. The third-order valence-electron chi connectivity index (χ3n) is 4.72. The zero-order valence-electron chi connectivity index (χ0n) is 18.1. The van der Waals surface area contributed by atoms with Crippen molar-refractivity contribution in [1.29, 1.82) is 0 Å². The Morgan fingerprint density at radius 3 is 2.22 bits per heavy atom. The number of nitrogens with zero attached hydrogens (tertiary/aromatic N) is 1. The van der Waals surface area contributed by atoms with Gasteiger partial charge in [0.05, 0.1) is 15.8 Å². The van der Waals surface area contributed by atoms with Crippen LogP contribution in [-0.4, -0.2) is 35.1 Å². The minimum Gasteiger partial charge on any atom is -0.354 e. The second-order valence-electron chi connectivity index (χ2n) is 7.78. The van der Waals surface area contributed by atoms with Crippen molar-refractivity contribution in [2.75, 3.05) is 12.3 Å². The number of thioether (sulfide) groups is 1. The molecular weight excluding hydrogens is 510 g/mol. The van der Waals surface area contributed by atoms with E-state index in [1.165, 1.54) is 16.7 Å². The Kier molecular flexibility index (Phi) is 11.0. The molecule has 1 unspecified atom stereocenters. The topological polar surface area (TPSA) is 49.4 Å². The van der Waals surface area contributed by atoms with Gasteiger partial charge in [-0.3, -0.25) is 9.59 Å². The van der Waals surface area contributed by atoms with Crippen molar-refractivity contribution < 1.29 is 9.59 Å². The highest BCUT2D eigenvalue weighted by atomic mass is 35.5. The third-order valence-corrected chi connectivity index (χ3v) is 7.16. The van der Waals surface area contributed by atoms with Gasteiger partial charge in [0, 0.05) is 34.5 Å². The second-order valence-corrected chi connectivity index (χ2v) is 10.4. The predicted molar refractivity (Wildman–Crippen MR) is 137 cm³/mol. The lowest BCUT2D eigenvalue weighted by Gasteiger charge is -2.29. The van der Waals surface area contributed by atoms with Gasteiger partial charge in [0.2, 0.25) is 11.8 Å². The van der Waals surface area contributed by atoms with E-state index in [9.17, 15) is 9.59 Å². The lowest BCUT2D eigenvalue weighted by Crippen LogP contribution is -2.48. The van der Waals surface area contributed by atoms with E-state index in [1.54, 1.807) is 37.3 Å². The summed E-state index contributed by atoms with van der Waals surface area (Å²) < 4.78 is 0. The fraction of sp³-hybridized carbons (Fsp3) is 0.391. The van der Waals surface area contributed by atoms with Crippen LogP contribution in [0.3, 0.4) is 0 Å². The van der Waals surface area contributed by atoms with Crippen LogP contribution < -0.4 is 5.32 Å². The van der Waals surface area contributed by atoms with E-state index in [4.69, 9.17) is 46.4 Å². The number of amides is 2. The average Bonchev–Trinajstić information content (AvgIpc) is 2.73. The molecule has 32 heavy (non-hydrogen) atoms. The first-order valence-electron chi connectivity index (χ1n) is 10.1. The Hall–Kier alpha value is -1.11. The summed E-state index contributed by atoms with van der Waals surface area (Å²) >= 11 is 26.1. The largest absolute Gasteiger partial charge is 0.354 e. The van der Waals surface area contributed by atoms with Gasteiger partial charge in [-0.1, -0.05) is 72.4 Å². The van der Waals surface area contributed by atoms with Crippen LogP contribution in [-0.2, 0) is 21.9 Å². The van der Waals surface area contributed by atoms with Crippen molar-refractivity contribution in [2.45, 2.75) is 39.1 Å². The van der Waals surface area contributed by atoms with Gasteiger partial charge >= 0.3 is 0 Å². The number of benzene rings is 2. The summed E-state index contributed by atoms with van der Waals surface area (Å²) in [6, 6.07) is 9.88. The molecule has 0 heterocycles. The van der Waals surface area contributed by atoms with Gasteiger partial charge in [-0.05, 0) is 42.7 Å². The van der Waals surface area contributed by atoms with Crippen molar-refractivity contribution in [2.24, 2.45) is 5.92 Å². The van der Waals surface area contributed by atoms with Gasteiger partial charge in [0.25, 0.3) is 0 Å². The van der Waals surface area contributed by atoms with Crippen LogP contribution in [0, 0.1) is 5.92 Å². The van der Waals surface area contributed by atoms with Gasteiger partial charge in [0.15, 0.2) is 0 Å². The molecule has 0 bridgehead atoms. The van der Waals surface area contributed by atoms with E-state index < -0.39 is 6.04 Å². The van der Waals surface area contributed by atoms with Gasteiger partial charge in [-0.15, -0.1) is 11.8 Å². The van der Waals surface area contributed by atoms with Crippen molar-refractivity contribution >= 4 is 70.0 Å². The molecule has 0 radical (unpaired) electrons. The Bertz CT molecular complexity index is 935. The molecule has 2 aromatic carbocycles. The maximum absolute atomic E-state index is 13.2. The molecule has 0 saturated heterocycles. The number of halogens is 4. The molecule has 0 aliphatic rings. The minimum absolute atomic E-state index is 0.140. The normalized spacial score (nSPS) is 12.0. The molecule has 2 aromatic rings. The maximum Gasteiger partial charge on any atom is 0.242 e. The zero-order valence-corrected chi connectivity index (χ0v) is 22.0. The molecule has 0 aliphatic heterocycles. The van der Waals surface area contributed by atoms with Crippen LogP contribution >= 0.6 is 58.2 Å². The van der Waals surface area contributed by atoms with E-state index in [1.807, 2.05) is 19.9 Å². The van der Waals surface area contributed by atoms with E-state index >= 15 is 0 Å². The molecule has 2 amide bonds. The molecule has 0 saturated carbocycles. The number of hydrogen-bond acceptors (Lipinski definition) is 3. The standard InChI is InChI=1S/C23H26Cl4N2O2S/c1-14(2)10-28-23(31)15(3)29(11-17-18(24)5-4-6-19(17)25)22(30)13-32-12-16-7-8-20(26)21(27)9-16/h4-9,14-15H,10-13H2,1-3H3,(H,28,31). The number of carbonyl (C=O) groups is 2. The minimum atomic E-state index is -0.681. The van der Waals surface area contributed by atoms with Crippen molar-refractivity contribution in [3.63, 3.8) is 0 Å². The first-order valence-corrected chi connectivity index (χ1v) is 12.8. The Morgan fingerprint density at radius 1 is 0.969 bits per heavy atom. The summed E-state index contributed by atoms with van der Waals surface area (Å²) in [6.45, 7) is 6.40. The lowest BCUT2D eigenvalue weighted by molar-refractivity contribution is -0.138. The van der Waals surface area contributed by atoms with Crippen LogP contribution in [0.2, 0.25) is 20.1 Å². The molecule has 0 aliphatic carbocycles. The summed E-state index contributed by atoms with van der Waals surface area (Å²) in [4.78, 5) is 27.4. The molecule has 0 aromatic heterocycles. The number of nitrogens with one attached hydrogen (secondary N) is 1. The molecule has 4 nitrogen and oxygen atoms in total. The summed E-state index contributed by atoms with van der Waals surface area (Å²) in [5.41, 5.74) is 1.57. The predicted octanol–water partition coefficient (Wildman–Crippen LogP) is 6.72. The van der Waals surface area contributed by atoms with Crippen molar-refractivity contribution in [3.8, 4) is 0 Å². The third kappa shape index (κ3) is 8.03. The monoisotopic (exact) mass is 534 g/mol. The Balaban J connectivity index is 2.13. The first-order chi connectivity index (χ1) is 15.1. The molecule has 2 rings (SSSR count). The summed E-state index contributed by atoms with van der Waals surface area (Å²) in [7, 11) is 0. The second kappa shape index (κ2) is 13.0. The van der Waals surface area contributed by atoms with Gasteiger partial charge in [0.1, 0.15) is 6.04 Å². The molecule has 174 valence electrons. The molecule has 0 fully saturated rings. The zero-order chi connectivity index (χ0) is 23.8. The fourth-order valence-electron chi connectivity index (χ4n) is 2.86. The van der Waals surface area contributed by atoms with Gasteiger partial charge in [-0.25, -0.2) is 0 Å². The molecule has 1 atom stereocenters. The van der Waals surface area contributed by atoms with Crippen molar-refractivity contribution in [1.82, 2.24) is 10.2 Å². The smallest absolute Gasteiger partial charge is 0.242 e. The summed E-state index contributed by atoms with van der Waals surface area (Å²) in [5, 5.41) is 4.76. The molecule has 0 spiro atoms. The van der Waals surface area contributed by atoms with Gasteiger partial charge < -0.3 is 10.2 Å². The summed E-state index contributed by atoms with van der Waals surface area (Å²) in [5.74, 6) is 0.666. The van der Waals surface area contributed by atoms with E-state index in [0.717, 1.165) is 5.56 Å². The van der Waals surface area contributed by atoms with Crippen molar-refractivity contribution in [3.05, 3.63) is 67.6 Å². The number of carbonyl (C=O) groups excluding carboxylic acids is 2. The van der Waals surface area contributed by atoms with Crippen LogP contribution in [0.4, 0.5) is 0 Å². The Morgan fingerprint density at radius 2 is 1.62 bits per heavy atom. The summed E-state index contributed by atoms with van der Waals surface area (Å²) in [6.07, 6.45) is 0. The number of rotatable bonds is 10. The first kappa shape index (κ1) is 27.1. The molecular formula is C23H26Cl4N2O2S.